The van der Waals surface area contributed by atoms with Crippen LogP contribution in [0.2, 0.25) is 0 Å². The summed E-state index contributed by atoms with van der Waals surface area (Å²) in [5.74, 6) is 0.623. The van der Waals surface area contributed by atoms with Gasteiger partial charge in [0.1, 0.15) is 6.61 Å². The molecule has 1 aromatic rings. The summed E-state index contributed by atoms with van der Waals surface area (Å²) in [6.45, 7) is 4.31. The predicted octanol–water partition coefficient (Wildman–Crippen LogP) is 2.46. The highest BCUT2D eigenvalue weighted by atomic mass is 16.5. The molecule has 1 amide bonds. The summed E-state index contributed by atoms with van der Waals surface area (Å²) < 4.78 is 10.7. The minimum absolute atomic E-state index is 0.225. The van der Waals surface area contributed by atoms with E-state index in [1.54, 1.807) is 0 Å². The zero-order chi connectivity index (χ0) is 16.1. The van der Waals surface area contributed by atoms with Crippen molar-refractivity contribution >= 4 is 6.09 Å². The van der Waals surface area contributed by atoms with E-state index in [1.165, 1.54) is 0 Å². The van der Waals surface area contributed by atoms with Crippen LogP contribution < -0.4 is 10.6 Å². The first-order valence-electron chi connectivity index (χ1n) is 8.51. The second-order valence-corrected chi connectivity index (χ2v) is 6.65. The van der Waals surface area contributed by atoms with Crippen LogP contribution in [0.4, 0.5) is 4.79 Å². The molecule has 1 saturated carbocycles. The van der Waals surface area contributed by atoms with Crippen LogP contribution in [0.5, 0.6) is 0 Å². The summed E-state index contributed by atoms with van der Waals surface area (Å²) in [7, 11) is 0. The minimum atomic E-state index is -0.324. The number of carbonyl (C=O) groups is 1. The van der Waals surface area contributed by atoms with Crippen molar-refractivity contribution in [2.24, 2.45) is 5.92 Å². The third-order valence-corrected chi connectivity index (χ3v) is 4.84. The highest BCUT2D eigenvalue weighted by molar-refractivity contribution is 5.67. The van der Waals surface area contributed by atoms with Crippen molar-refractivity contribution in [3.63, 3.8) is 0 Å². The molecule has 23 heavy (non-hydrogen) atoms. The predicted molar refractivity (Wildman–Crippen MR) is 88.1 cm³/mol. The second-order valence-electron chi connectivity index (χ2n) is 6.65. The number of rotatable bonds is 6. The molecule has 0 spiro atoms. The van der Waals surface area contributed by atoms with Crippen molar-refractivity contribution in [3.8, 4) is 0 Å². The van der Waals surface area contributed by atoms with E-state index in [0.29, 0.717) is 24.6 Å². The molecule has 126 valence electrons. The summed E-state index contributed by atoms with van der Waals surface area (Å²) in [5, 5.41) is 6.58. The topological polar surface area (TPSA) is 59.6 Å². The van der Waals surface area contributed by atoms with Crippen molar-refractivity contribution in [2.75, 3.05) is 13.2 Å². The largest absolute Gasteiger partial charge is 0.445 e. The van der Waals surface area contributed by atoms with Crippen molar-refractivity contribution in [1.82, 2.24) is 10.6 Å². The van der Waals surface area contributed by atoms with E-state index in [9.17, 15) is 4.79 Å². The smallest absolute Gasteiger partial charge is 0.407 e. The average molecular weight is 318 g/mol. The lowest BCUT2D eigenvalue weighted by molar-refractivity contribution is 0.122. The molecular formula is C18H26N2O3. The van der Waals surface area contributed by atoms with E-state index >= 15 is 0 Å². The Morgan fingerprint density at radius 3 is 2.78 bits per heavy atom. The molecule has 1 saturated heterocycles. The highest BCUT2D eigenvalue weighted by Crippen LogP contribution is 2.24. The molecule has 2 atom stereocenters. The zero-order valence-electron chi connectivity index (χ0n) is 13.7. The quantitative estimate of drug-likeness (QED) is 0.846. The van der Waals surface area contributed by atoms with Gasteiger partial charge in [-0.25, -0.2) is 4.79 Å². The molecule has 1 heterocycles. The number of ether oxygens (including phenoxy) is 2. The molecule has 0 radical (unpaired) electrons. The van der Waals surface area contributed by atoms with Gasteiger partial charge >= 0.3 is 6.09 Å². The van der Waals surface area contributed by atoms with Gasteiger partial charge in [0.05, 0.1) is 6.61 Å². The molecule has 1 aromatic carbocycles. The molecule has 0 bridgehead atoms. The molecule has 1 aliphatic carbocycles. The van der Waals surface area contributed by atoms with E-state index < -0.39 is 0 Å². The molecule has 2 aliphatic rings. The lowest BCUT2D eigenvalue weighted by atomic mass is 9.85. The van der Waals surface area contributed by atoms with Gasteiger partial charge in [-0.3, -0.25) is 0 Å². The first-order valence-corrected chi connectivity index (χ1v) is 8.51. The third-order valence-electron chi connectivity index (χ3n) is 4.84. The summed E-state index contributed by atoms with van der Waals surface area (Å²) >= 11 is 0. The average Bonchev–Trinajstić information content (AvgIpc) is 3.06. The summed E-state index contributed by atoms with van der Waals surface area (Å²) in [4.78, 5) is 11.8. The summed E-state index contributed by atoms with van der Waals surface area (Å²) in [5.41, 5.74) is 1.00. The van der Waals surface area contributed by atoms with Crippen LogP contribution in [0.15, 0.2) is 30.3 Å². The molecule has 2 fully saturated rings. The van der Waals surface area contributed by atoms with Gasteiger partial charge in [-0.15, -0.1) is 0 Å². The Kier molecular flexibility index (Phi) is 5.51. The number of hydrogen-bond acceptors (Lipinski definition) is 4. The molecule has 5 nitrogen and oxygen atoms in total. The second kappa shape index (κ2) is 7.79. The highest BCUT2D eigenvalue weighted by Gasteiger charge is 2.33. The fourth-order valence-corrected chi connectivity index (χ4v) is 3.26. The lowest BCUT2D eigenvalue weighted by Crippen LogP contribution is -2.55. The van der Waals surface area contributed by atoms with Crippen molar-refractivity contribution < 1.29 is 14.3 Å². The Morgan fingerprint density at radius 2 is 2.09 bits per heavy atom. The number of carbonyl (C=O) groups excluding carboxylic acids is 1. The first kappa shape index (κ1) is 16.3. The first-order chi connectivity index (χ1) is 11.2. The summed E-state index contributed by atoms with van der Waals surface area (Å²) in [6, 6.07) is 10.9. The van der Waals surface area contributed by atoms with Crippen LogP contribution in [-0.4, -0.2) is 37.4 Å². The standard InChI is InChI=1S/C18H26N2O3/c1-13(15-7-8-22-12-15)19-16-9-17(10-16)20-18(21)23-11-14-5-3-2-4-6-14/h2-6,13,15-17,19H,7-12H2,1H3,(H,20,21). The Balaban J connectivity index is 1.30. The molecule has 1 aliphatic heterocycles. The van der Waals surface area contributed by atoms with E-state index in [1.807, 2.05) is 30.3 Å². The van der Waals surface area contributed by atoms with E-state index in [4.69, 9.17) is 9.47 Å². The Labute approximate surface area is 137 Å². The Bertz CT molecular complexity index is 496. The van der Waals surface area contributed by atoms with E-state index in [2.05, 4.69) is 17.6 Å². The van der Waals surface area contributed by atoms with Crippen LogP contribution in [0.1, 0.15) is 31.7 Å². The Morgan fingerprint density at radius 1 is 1.30 bits per heavy atom. The maximum absolute atomic E-state index is 11.8. The molecule has 3 rings (SSSR count). The minimum Gasteiger partial charge on any atom is -0.445 e. The van der Waals surface area contributed by atoms with Gasteiger partial charge < -0.3 is 20.1 Å². The molecular weight excluding hydrogens is 292 g/mol. The maximum Gasteiger partial charge on any atom is 0.407 e. The number of alkyl carbamates (subject to hydrolysis) is 1. The molecule has 5 heteroatoms. The van der Waals surface area contributed by atoms with Gasteiger partial charge in [0, 0.05) is 24.7 Å². The van der Waals surface area contributed by atoms with Crippen LogP contribution in [0, 0.1) is 5.92 Å². The van der Waals surface area contributed by atoms with Crippen molar-refractivity contribution in [3.05, 3.63) is 35.9 Å². The lowest BCUT2D eigenvalue weighted by Gasteiger charge is -2.38. The number of amides is 1. The van der Waals surface area contributed by atoms with Gasteiger partial charge in [-0.05, 0) is 37.7 Å². The van der Waals surface area contributed by atoms with Gasteiger partial charge in [0.2, 0.25) is 0 Å². The number of nitrogens with one attached hydrogen (secondary N) is 2. The van der Waals surface area contributed by atoms with Crippen molar-refractivity contribution in [1.29, 1.82) is 0 Å². The van der Waals surface area contributed by atoms with Crippen LogP contribution in [0.3, 0.4) is 0 Å². The molecule has 2 N–H and O–H groups in total. The SMILES string of the molecule is CC(NC1CC(NC(=O)OCc2ccccc2)C1)C1CCOC1. The zero-order valence-corrected chi connectivity index (χ0v) is 13.7. The van der Waals surface area contributed by atoms with Crippen LogP contribution in [0.25, 0.3) is 0 Å². The monoisotopic (exact) mass is 318 g/mol. The number of hydrogen-bond donors (Lipinski definition) is 2. The third kappa shape index (κ3) is 4.69. The van der Waals surface area contributed by atoms with Gasteiger partial charge in [-0.2, -0.15) is 0 Å². The normalized spacial score (nSPS) is 28.0. The van der Waals surface area contributed by atoms with Crippen LogP contribution in [-0.2, 0) is 16.1 Å². The fraction of sp³-hybridized carbons (Fsp3) is 0.611. The summed E-state index contributed by atoms with van der Waals surface area (Å²) in [6.07, 6.45) is 2.76. The van der Waals surface area contributed by atoms with Crippen LogP contribution >= 0.6 is 0 Å². The van der Waals surface area contributed by atoms with Gasteiger partial charge in [0.25, 0.3) is 0 Å². The van der Waals surface area contributed by atoms with Gasteiger partial charge in [0.15, 0.2) is 0 Å². The Hall–Kier alpha value is -1.59. The van der Waals surface area contributed by atoms with Crippen molar-refractivity contribution in [2.45, 2.75) is 50.9 Å². The fourth-order valence-electron chi connectivity index (χ4n) is 3.26. The number of benzene rings is 1. The van der Waals surface area contributed by atoms with Gasteiger partial charge in [-0.1, -0.05) is 30.3 Å². The molecule has 0 aromatic heterocycles. The van der Waals surface area contributed by atoms with E-state index in [-0.39, 0.29) is 12.1 Å². The maximum atomic E-state index is 11.8. The van der Waals surface area contributed by atoms with E-state index in [0.717, 1.165) is 38.0 Å². The molecule has 2 unspecified atom stereocenters.